The third kappa shape index (κ3) is 3.89. The quantitative estimate of drug-likeness (QED) is 0.852. The van der Waals surface area contributed by atoms with Gasteiger partial charge in [0.15, 0.2) is 5.16 Å². The van der Waals surface area contributed by atoms with Crippen LogP contribution in [0.2, 0.25) is 5.02 Å². The molecule has 0 aliphatic heterocycles. The molecule has 0 spiro atoms. The predicted octanol–water partition coefficient (Wildman–Crippen LogP) is 3.42. The van der Waals surface area contributed by atoms with E-state index in [4.69, 9.17) is 11.6 Å². The minimum absolute atomic E-state index is 0.367. The van der Waals surface area contributed by atoms with Crippen LogP contribution in [0.1, 0.15) is 12.5 Å². The number of nitrogens with one attached hydrogen (secondary N) is 1. The number of benzene rings is 1. The maximum atomic E-state index is 11.2. The van der Waals surface area contributed by atoms with E-state index in [9.17, 15) is 4.79 Å². The Hall–Kier alpha value is -1.73. The number of methoxy groups -OCH3 is 1. The number of hydrogen-bond acceptors (Lipinski definition) is 5. The molecule has 0 saturated carbocycles. The van der Waals surface area contributed by atoms with Crippen LogP contribution in [0.5, 0.6) is 0 Å². The summed E-state index contributed by atoms with van der Waals surface area (Å²) < 4.78 is 6.36. The molecule has 0 atom stereocenters. The molecule has 0 bridgehead atoms. The van der Waals surface area contributed by atoms with Crippen LogP contribution in [0.25, 0.3) is 0 Å². The highest BCUT2D eigenvalue weighted by Crippen LogP contribution is 2.26. The number of anilines is 1. The van der Waals surface area contributed by atoms with Crippen molar-refractivity contribution in [1.29, 1.82) is 0 Å². The number of carbonyl (C=O) groups excluding carboxylic acids is 1. The largest absolute Gasteiger partial charge is 0.453 e. The van der Waals surface area contributed by atoms with Crippen LogP contribution in [-0.2, 0) is 17.0 Å². The summed E-state index contributed by atoms with van der Waals surface area (Å²) in [4.78, 5) is 11.2. The van der Waals surface area contributed by atoms with Gasteiger partial charge >= 0.3 is 6.09 Å². The van der Waals surface area contributed by atoms with Gasteiger partial charge in [-0.3, -0.25) is 9.88 Å². The van der Waals surface area contributed by atoms with E-state index < -0.39 is 6.09 Å². The van der Waals surface area contributed by atoms with E-state index in [0.29, 0.717) is 23.4 Å². The fourth-order valence-corrected chi connectivity index (χ4v) is 2.96. The number of aromatic nitrogens is 3. The Morgan fingerprint density at radius 2 is 2.19 bits per heavy atom. The Labute approximate surface area is 131 Å². The van der Waals surface area contributed by atoms with E-state index in [2.05, 4.69) is 20.3 Å². The number of amides is 1. The summed E-state index contributed by atoms with van der Waals surface area (Å²) >= 11 is 7.63. The zero-order chi connectivity index (χ0) is 15.2. The zero-order valence-corrected chi connectivity index (χ0v) is 13.2. The summed E-state index contributed by atoms with van der Waals surface area (Å²) in [5.74, 6) is 1.04. The van der Waals surface area contributed by atoms with Gasteiger partial charge in [0.2, 0.25) is 5.95 Å². The molecule has 0 aliphatic rings. The van der Waals surface area contributed by atoms with Crippen molar-refractivity contribution < 1.29 is 9.53 Å². The number of rotatable bonds is 5. The van der Waals surface area contributed by atoms with Gasteiger partial charge in [-0.05, 0) is 18.6 Å². The summed E-state index contributed by atoms with van der Waals surface area (Å²) in [5.41, 5.74) is 1.03. The minimum Gasteiger partial charge on any atom is -0.453 e. The van der Waals surface area contributed by atoms with E-state index >= 15 is 0 Å². The van der Waals surface area contributed by atoms with Crippen molar-refractivity contribution in [2.24, 2.45) is 0 Å². The van der Waals surface area contributed by atoms with Gasteiger partial charge in [0.25, 0.3) is 0 Å². The summed E-state index contributed by atoms with van der Waals surface area (Å²) in [5, 5.41) is 12.0. The molecule has 1 aromatic carbocycles. The number of carbonyl (C=O) groups is 1. The zero-order valence-electron chi connectivity index (χ0n) is 11.7. The Bertz CT molecular complexity index is 632. The van der Waals surface area contributed by atoms with Crippen molar-refractivity contribution >= 4 is 35.4 Å². The Morgan fingerprint density at radius 1 is 1.43 bits per heavy atom. The van der Waals surface area contributed by atoms with E-state index in [1.165, 1.54) is 18.9 Å². The Morgan fingerprint density at radius 3 is 2.86 bits per heavy atom. The molecule has 1 amide bonds. The fourth-order valence-electron chi connectivity index (χ4n) is 1.67. The molecule has 6 nitrogen and oxygen atoms in total. The standard InChI is InChI=1S/C13H15ClN4O2S/c1-3-18-11(15-13(19)20-2)16-17-12(18)21-8-9-6-4-5-7-10(9)14/h4-7H,3,8H2,1-2H3,(H,15,16,19). The molecule has 0 saturated heterocycles. The monoisotopic (exact) mass is 326 g/mol. The second kappa shape index (κ2) is 7.33. The van der Waals surface area contributed by atoms with Gasteiger partial charge in [0.1, 0.15) is 0 Å². The molecule has 112 valence electrons. The SMILES string of the molecule is CCn1c(NC(=O)OC)nnc1SCc1ccccc1Cl. The number of thioether (sulfide) groups is 1. The molecule has 8 heteroatoms. The van der Waals surface area contributed by atoms with Crippen LogP contribution >= 0.6 is 23.4 Å². The highest BCUT2D eigenvalue weighted by Gasteiger charge is 2.14. The third-order valence-electron chi connectivity index (χ3n) is 2.75. The second-order valence-corrected chi connectivity index (χ2v) is 5.40. The van der Waals surface area contributed by atoms with Gasteiger partial charge in [-0.15, -0.1) is 10.2 Å². The molecule has 2 rings (SSSR count). The van der Waals surface area contributed by atoms with Crippen LogP contribution in [0.15, 0.2) is 29.4 Å². The molecule has 2 aromatic rings. The van der Waals surface area contributed by atoms with E-state index in [0.717, 1.165) is 10.6 Å². The van der Waals surface area contributed by atoms with Gasteiger partial charge in [-0.25, -0.2) is 4.79 Å². The number of ether oxygens (including phenoxy) is 1. The first-order valence-electron chi connectivity index (χ1n) is 6.30. The van der Waals surface area contributed by atoms with Crippen LogP contribution in [0.4, 0.5) is 10.7 Å². The van der Waals surface area contributed by atoms with E-state index in [1.54, 1.807) is 4.57 Å². The van der Waals surface area contributed by atoms with E-state index in [1.807, 2.05) is 31.2 Å². The average Bonchev–Trinajstić information content (AvgIpc) is 2.88. The molecule has 1 aromatic heterocycles. The van der Waals surface area contributed by atoms with Crippen molar-refractivity contribution in [1.82, 2.24) is 14.8 Å². The summed E-state index contributed by atoms with van der Waals surface area (Å²) in [6.45, 7) is 2.59. The van der Waals surface area contributed by atoms with Crippen LogP contribution in [0.3, 0.4) is 0 Å². The normalized spacial score (nSPS) is 10.4. The van der Waals surface area contributed by atoms with Crippen molar-refractivity contribution in [2.45, 2.75) is 24.4 Å². The lowest BCUT2D eigenvalue weighted by atomic mass is 10.2. The molecular formula is C13H15ClN4O2S. The Balaban J connectivity index is 2.10. The number of hydrogen-bond donors (Lipinski definition) is 1. The fraction of sp³-hybridized carbons (Fsp3) is 0.308. The molecule has 21 heavy (non-hydrogen) atoms. The molecule has 1 N–H and O–H groups in total. The topological polar surface area (TPSA) is 69.0 Å². The van der Waals surface area contributed by atoms with Crippen molar-refractivity contribution in [2.75, 3.05) is 12.4 Å². The maximum absolute atomic E-state index is 11.2. The predicted molar refractivity (Wildman–Crippen MR) is 82.7 cm³/mol. The van der Waals surface area contributed by atoms with Crippen molar-refractivity contribution in [3.8, 4) is 0 Å². The first-order chi connectivity index (χ1) is 10.2. The lowest BCUT2D eigenvalue weighted by molar-refractivity contribution is 0.186. The lowest BCUT2D eigenvalue weighted by Crippen LogP contribution is -2.15. The van der Waals surface area contributed by atoms with E-state index in [-0.39, 0.29) is 0 Å². The van der Waals surface area contributed by atoms with Crippen LogP contribution in [-0.4, -0.2) is 28.0 Å². The van der Waals surface area contributed by atoms with Gasteiger partial charge in [-0.2, -0.15) is 0 Å². The second-order valence-electron chi connectivity index (χ2n) is 4.05. The smallest absolute Gasteiger partial charge is 0.413 e. The lowest BCUT2D eigenvalue weighted by Gasteiger charge is -2.08. The highest BCUT2D eigenvalue weighted by atomic mass is 35.5. The van der Waals surface area contributed by atoms with Gasteiger partial charge < -0.3 is 4.74 Å². The van der Waals surface area contributed by atoms with Gasteiger partial charge in [-0.1, -0.05) is 41.6 Å². The summed E-state index contributed by atoms with van der Waals surface area (Å²) in [7, 11) is 1.30. The minimum atomic E-state index is -0.570. The van der Waals surface area contributed by atoms with Gasteiger partial charge in [0, 0.05) is 17.3 Å². The first-order valence-corrected chi connectivity index (χ1v) is 7.66. The molecule has 0 unspecified atom stereocenters. The van der Waals surface area contributed by atoms with Crippen LogP contribution in [0, 0.1) is 0 Å². The first kappa shape index (κ1) is 15.7. The van der Waals surface area contributed by atoms with Crippen molar-refractivity contribution in [3.05, 3.63) is 34.9 Å². The summed E-state index contributed by atoms with van der Waals surface area (Å²) in [6.07, 6.45) is -0.570. The number of halogens is 1. The highest BCUT2D eigenvalue weighted by molar-refractivity contribution is 7.98. The molecule has 0 radical (unpaired) electrons. The average molecular weight is 327 g/mol. The third-order valence-corrected chi connectivity index (χ3v) is 4.13. The maximum Gasteiger partial charge on any atom is 0.413 e. The Kier molecular flexibility index (Phi) is 5.46. The molecule has 0 fully saturated rings. The summed E-state index contributed by atoms with van der Waals surface area (Å²) in [6, 6.07) is 7.65. The van der Waals surface area contributed by atoms with Gasteiger partial charge in [0.05, 0.1) is 7.11 Å². The number of nitrogens with zero attached hydrogens (tertiary/aromatic N) is 3. The molecule has 0 aliphatic carbocycles. The van der Waals surface area contributed by atoms with Crippen LogP contribution < -0.4 is 5.32 Å². The molecular weight excluding hydrogens is 312 g/mol. The molecule has 1 heterocycles. The van der Waals surface area contributed by atoms with Crippen molar-refractivity contribution in [3.63, 3.8) is 0 Å².